The first kappa shape index (κ1) is 16.2. The average molecular weight is 337 g/mol. The fraction of sp³-hybridized carbons (Fsp3) is 0.421. The van der Waals surface area contributed by atoms with E-state index in [1.54, 1.807) is 0 Å². The normalized spacial score (nSPS) is 18.8. The van der Waals surface area contributed by atoms with Crippen LogP contribution >= 0.6 is 0 Å². The quantitative estimate of drug-likeness (QED) is 0.735. The van der Waals surface area contributed by atoms with E-state index in [1.807, 2.05) is 26.0 Å². The number of ether oxygens (including phenoxy) is 1. The minimum atomic E-state index is -0.0103. The number of para-hydroxylation sites is 2. The Hall–Kier alpha value is -2.31. The Labute approximate surface area is 147 Å². The van der Waals surface area contributed by atoms with Crippen molar-refractivity contribution in [3.63, 3.8) is 0 Å². The number of morpholine rings is 1. The minimum absolute atomic E-state index is 0.0103. The Morgan fingerprint density at radius 2 is 2.00 bits per heavy atom. The van der Waals surface area contributed by atoms with E-state index < -0.39 is 0 Å². The van der Waals surface area contributed by atoms with Crippen LogP contribution in [-0.4, -0.2) is 44.1 Å². The molecule has 2 aromatic heterocycles. The molecule has 25 heavy (non-hydrogen) atoms. The molecule has 0 amide bonds. The highest BCUT2D eigenvalue weighted by atomic mass is 16.5. The van der Waals surface area contributed by atoms with E-state index in [4.69, 9.17) is 9.72 Å². The minimum Gasteiger partial charge on any atom is -0.369 e. The molecule has 1 aliphatic rings. The van der Waals surface area contributed by atoms with Gasteiger partial charge in [-0.3, -0.25) is 4.90 Å². The molecule has 1 aliphatic heterocycles. The van der Waals surface area contributed by atoms with Crippen LogP contribution in [0.25, 0.3) is 11.0 Å². The molecule has 0 spiro atoms. The van der Waals surface area contributed by atoms with Crippen molar-refractivity contribution in [1.29, 1.82) is 0 Å². The van der Waals surface area contributed by atoms with Crippen molar-refractivity contribution in [1.82, 2.24) is 24.4 Å². The Morgan fingerprint density at radius 1 is 1.16 bits per heavy atom. The highest BCUT2D eigenvalue weighted by molar-refractivity contribution is 5.75. The van der Waals surface area contributed by atoms with Gasteiger partial charge in [0.05, 0.1) is 29.9 Å². The summed E-state index contributed by atoms with van der Waals surface area (Å²) in [6.45, 7) is 7.17. The zero-order chi connectivity index (χ0) is 17.4. The van der Waals surface area contributed by atoms with Crippen molar-refractivity contribution in [2.75, 3.05) is 19.7 Å². The molecular weight excluding hydrogens is 314 g/mol. The number of fused-ring (bicyclic) bond motifs is 1. The number of imidazole rings is 1. The number of aryl methyl sites for hydroxylation is 3. The lowest BCUT2D eigenvalue weighted by molar-refractivity contribution is -0.0360. The smallest absolute Gasteiger partial charge is 0.125 e. The van der Waals surface area contributed by atoms with Gasteiger partial charge < -0.3 is 9.30 Å². The topological polar surface area (TPSA) is 56.1 Å². The largest absolute Gasteiger partial charge is 0.369 e. The van der Waals surface area contributed by atoms with Crippen molar-refractivity contribution in [2.45, 2.75) is 26.5 Å². The van der Waals surface area contributed by atoms with Gasteiger partial charge in [0.15, 0.2) is 0 Å². The van der Waals surface area contributed by atoms with Gasteiger partial charge in [0, 0.05) is 25.8 Å². The summed E-state index contributed by atoms with van der Waals surface area (Å²) < 4.78 is 8.15. The van der Waals surface area contributed by atoms with Crippen LogP contribution in [0.4, 0.5) is 0 Å². The molecule has 1 unspecified atom stereocenters. The maximum atomic E-state index is 5.97. The summed E-state index contributed by atoms with van der Waals surface area (Å²) in [4.78, 5) is 16.1. The number of benzene rings is 1. The number of nitrogens with zero attached hydrogens (tertiary/aromatic N) is 5. The van der Waals surface area contributed by atoms with Crippen molar-refractivity contribution in [3.05, 3.63) is 53.4 Å². The summed E-state index contributed by atoms with van der Waals surface area (Å²) in [7, 11) is 2.08. The van der Waals surface area contributed by atoms with Crippen LogP contribution in [-0.2, 0) is 18.3 Å². The van der Waals surface area contributed by atoms with E-state index in [-0.39, 0.29) is 6.10 Å². The van der Waals surface area contributed by atoms with Gasteiger partial charge in [-0.15, -0.1) is 0 Å². The standard InChI is InChI=1S/C19H23N5O/c1-13-10-16(21-14(2)20-13)18-11-24(8-9-25-18)12-19-22-15-6-4-5-7-17(15)23(19)3/h4-7,10,18H,8-9,11-12H2,1-3H3. The molecular formula is C19H23N5O. The third-order valence-corrected chi connectivity index (χ3v) is 4.71. The summed E-state index contributed by atoms with van der Waals surface area (Å²) in [5.41, 5.74) is 4.18. The molecule has 3 heterocycles. The van der Waals surface area contributed by atoms with Crippen molar-refractivity contribution >= 4 is 11.0 Å². The van der Waals surface area contributed by atoms with E-state index >= 15 is 0 Å². The molecule has 1 aromatic carbocycles. The molecule has 0 aliphatic carbocycles. The maximum Gasteiger partial charge on any atom is 0.125 e. The highest BCUT2D eigenvalue weighted by Crippen LogP contribution is 2.23. The van der Waals surface area contributed by atoms with Gasteiger partial charge in [0.25, 0.3) is 0 Å². The molecule has 0 bridgehead atoms. The van der Waals surface area contributed by atoms with E-state index in [0.29, 0.717) is 6.61 Å². The first-order valence-corrected chi connectivity index (χ1v) is 8.66. The molecule has 1 fully saturated rings. The Balaban J connectivity index is 1.53. The number of aromatic nitrogens is 4. The maximum absolute atomic E-state index is 5.97. The van der Waals surface area contributed by atoms with Gasteiger partial charge in [0.2, 0.25) is 0 Å². The predicted octanol–water partition coefficient (Wildman–Crippen LogP) is 2.55. The first-order chi connectivity index (χ1) is 12.1. The third-order valence-electron chi connectivity index (χ3n) is 4.71. The van der Waals surface area contributed by atoms with Crippen molar-refractivity contribution < 1.29 is 4.74 Å². The monoisotopic (exact) mass is 337 g/mol. The van der Waals surface area contributed by atoms with Gasteiger partial charge in [-0.1, -0.05) is 12.1 Å². The SMILES string of the molecule is Cc1cc(C2CN(Cc3nc4ccccc4n3C)CCO2)nc(C)n1. The van der Waals surface area contributed by atoms with Gasteiger partial charge >= 0.3 is 0 Å². The van der Waals surface area contributed by atoms with Gasteiger partial charge in [0.1, 0.15) is 17.8 Å². The van der Waals surface area contributed by atoms with Gasteiger partial charge in [-0.2, -0.15) is 0 Å². The summed E-state index contributed by atoms with van der Waals surface area (Å²) in [6.07, 6.45) is -0.0103. The Kier molecular flexibility index (Phi) is 4.23. The second-order valence-corrected chi connectivity index (χ2v) is 6.65. The van der Waals surface area contributed by atoms with Crippen LogP contribution in [0.1, 0.15) is 29.1 Å². The fourth-order valence-corrected chi connectivity index (χ4v) is 3.47. The van der Waals surface area contributed by atoms with E-state index in [1.165, 1.54) is 5.52 Å². The van der Waals surface area contributed by atoms with E-state index in [2.05, 4.69) is 44.7 Å². The number of rotatable bonds is 3. The number of hydrogen-bond acceptors (Lipinski definition) is 5. The molecule has 4 rings (SSSR count). The summed E-state index contributed by atoms with van der Waals surface area (Å²) >= 11 is 0. The molecule has 0 saturated carbocycles. The van der Waals surface area contributed by atoms with Crippen LogP contribution in [0.5, 0.6) is 0 Å². The lowest BCUT2D eigenvalue weighted by atomic mass is 10.1. The summed E-state index contributed by atoms with van der Waals surface area (Å²) in [5, 5.41) is 0. The van der Waals surface area contributed by atoms with Crippen LogP contribution < -0.4 is 0 Å². The molecule has 1 saturated heterocycles. The molecule has 3 aromatic rings. The Bertz CT molecular complexity index is 884. The second-order valence-electron chi connectivity index (χ2n) is 6.65. The van der Waals surface area contributed by atoms with Crippen LogP contribution in [0, 0.1) is 13.8 Å². The number of hydrogen-bond donors (Lipinski definition) is 0. The lowest BCUT2D eigenvalue weighted by Gasteiger charge is -2.32. The third kappa shape index (κ3) is 3.27. The molecule has 6 heteroatoms. The van der Waals surface area contributed by atoms with Gasteiger partial charge in [-0.05, 0) is 32.0 Å². The van der Waals surface area contributed by atoms with Crippen LogP contribution in [0.15, 0.2) is 30.3 Å². The van der Waals surface area contributed by atoms with Crippen molar-refractivity contribution in [3.8, 4) is 0 Å². The predicted molar refractivity (Wildman–Crippen MR) is 96.2 cm³/mol. The van der Waals surface area contributed by atoms with Crippen molar-refractivity contribution in [2.24, 2.45) is 7.05 Å². The Morgan fingerprint density at radius 3 is 2.80 bits per heavy atom. The van der Waals surface area contributed by atoms with Crippen LogP contribution in [0.3, 0.4) is 0 Å². The fourth-order valence-electron chi connectivity index (χ4n) is 3.47. The zero-order valence-electron chi connectivity index (χ0n) is 14.9. The molecule has 130 valence electrons. The average Bonchev–Trinajstić information content (AvgIpc) is 2.91. The highest BCUT2D eigenvalue weighted by Gasteiger charge is 2.24. The molecule has 0 N–H and O–H groups in total. The molecule has 0 radical (unpaired) electrons. The molecule has 1 atom stereocenters. The lowest BCUT2D eigenvalue weighted by Crippen LogP contribution is -2.38. The summed E-state index contributed by atoms with van der Waals surface area (Å²) in [5.74, 6) is 1.88. The molecule has 6 nitrogen and oxygen atoms in total. The van der Waals surface area contributed by atoms with E-state index in [0.717, 1.165) is 48.2 Å². The van der Waals surface area contributed by atoms with Crippen LogP contribution in [0.2, 0.25) is 0 Å². The summed E-state index contributed by atoms with van der Waals surface area (Å²) in [6, 6.07) is 10.3. The van der Waals surface area contributed by atoms with E-state index in [9.17, 15) is 0 Å². The first-order valence-electron chi connectivity index (χ1n) is 8.66. The second kappa shape index (κ2) is 6.54. The zero-order valence-corrected chi connectivity index (χ0v) is 14.9. The van der Waals surface area contributed by atoms with Gasteiger partial charge in [-0.25, -0.2) is 15.0 Å².